The van der Waals surface area contributed by atoms with Crippen molar-refractivity contribution in [3.05, 3.63) is 28.8 Å². The molecule has 0 radical (unpaired) electrons. The molecule has 0 N–H and O–H groups in total. The lowest BCUT2D eigenvalue weighted by Gasteiger charge is -2.30. The van der Waals surface area contributed by atoms with Crippen LogP contribution in [0.3, 0.4) is 0 Å². The van der Waals surface area contributed by atoms with Crippen LogP contribution in [0.4, 0.5) is 0 Å². The first-order valence-electron chi connectivity index (χ1n) is 6.58. The molecular weight excluding hydrogens is 264 g/mol. The largest absolute Gasteiger partial charge is 0.496 e. The quantitative estimate of drug-likeness (QED) is 0.791. The molecule has 0 amide bonds. The molecule has 1 saturated carbocycles. The molecule has 1 aliphatic carbocycles. The Bertz CT molecular complexity index is 459. The maximum absolute atomic E-state index is 11.9. The van der Waals surface area contributed by atoms with Crippen LogP contribution in [0, 0.1) is 5.92 Å². The van der Waals surface area contributed by atoms with Gasteiger partial charge in [-0.3, -0.25) is 4.79 Å². The van der Waals surface area contributed by atoms with Crippen molar-refractivity contribution in [1.82, 2.24) is 0 Å². The van der Waals surface area contributed by atoms with Gasteiger partial charge in [-0.15, -0.1) is 0 Å². The van der Waals surface area contributed by atoms with Crippen LogP contribution in [0.25, 0.3) is 0 Å². The lowest BCUT2D eigenvalue weighted by atomic mass is 9.75. The summed E-state index contributed by atoms with van der Waals surface area (Å²) in [5.41, 5.74) is 1.02. The highest BCUT2D eigenvalue weighted by Gasteiger charge is 2.34. The van der Waals surface area contributed by atoms with E-state index in [1.54, 1.807) is 13.2 Å². The van der Waals surface area contributed by atoms with Gasteiger partial charge in [-0.25, -0.2) is 0 Å². The minimum Gasteiger partial charge on any atom is -0.496 e. The second kappa shape index (κ2) is 6.29. The fraction of sp³-hybridized carbons (Fsp3) is 0.533. The summed E-state index contributed by atoms with van der Waals surface area (Å²) in [6.45, 7) is 0. The third kappa shape index (κ3) is 3.03. The van der Waals surface area contributed by atoms with Crippen molar-refractivity contribution < 1.29 is 14.3 Å². The van der Waals surface area contributed by atoms with Crippen LogP contribution in [-0.4, -0.2) is 20.2 Å². The number of hydrogen-bond acceptors (Lipinski definition) is 3. The first kappa shape index (κ1) is 14.2. The second-order valence-corrected chi connectivity index (χ2v) is 5.34. The average molecular weight is 283 g/mol. The van der Waals surface area contributed by atoms with Crippen molar-refractivity contribution in [2.24, 2.45) is 5.92 Å². The van der Waals surface area contributed by atoms with Crippen molar-refractivity contribution in [3.63, 3.8) is 0 Å². The summed E-state index contributed by atoms with van der Waals surface area (Å²) in [5, 5.41) is 0.671. The Morgan fingerprint density at radius 1 is 1.26 bits per heavy atom. The predicted octanol–water partition coefficient (Wildman–Crippen LogP) is 3.80. The first-order chi connectivity index (χ1) is 9.17. The van der Waals surface area contributed by atoms with Gasteiger partial charge in [-0.05, 0) is 36.6 Å². The fourth-order valence-corrected chi connectivity index (χ4v) is 3.11. The van der Waals surface area contributed by atoms with E-state index < -0.39 is 0 Å². The third-order valence-electron chi connectivity index (χ3n) is 3.86. The van der Waals surface area contributed by atoms with Gasteiger partial charge in [0.05, 0.1) is 20.1 Å². The van der Waals surface area contributed by atoms with Crippen molar-refractivity contribution in [2.75, 3.05) is 14.2 Å². The molecule has 1 aromatic rings. The lowest BCUT2D eigenvalue weighted by molar-refractivity contribution is -0.147. The molecule has 1 aromatic carbocycles. The number of methoxy groups -OCH3 is 2. The normalized spacial score (nSPS) is 22.9. The average Bonchev–Trinajstić information content (AvgIpc) is 2.46. The van der Waals surface area contributed by atoms with Crippen molar-refractivity contribution in [1.29, 1.82) is 0 Å². The van der Waals surface area contributed by atoms with Gasteiger partial charge in [-0.1, -0.05) is 24.4 Å². The van der Waals surface area contributed by atoms with E-state index in [9.17, 15) is 4.79 Å². The zero-order chi connectivity index (χ0) is 13.8. The maximum Gasteiger partial charge on any atom is 0.309 e. The minimum absolute atomic E-state index is 0.0916. The zero-order valence-electron chi connectivity index (χ0n) is 11.3. The van der Waals surface area contributed by atoms with E-state index in [0.717, 1.165) is 37.0 Å². The Hall–Kier alpha value is -1.22. The van der Waals surface area contributed by atoms with E-state index in [1.807, 2.05) is 12.1 Å². The standard InChI is InChI=1S/C15H19ClO3/c1-18-14-8-7-10(16)9-13(14)11-5-3-4-6-12(11)15(17)19-2/h7-9,11-12H,3-6H2,1-2H3. The molecule has 0 aliphatic heterocycles. The summed E-state index contributed by atoms with van der Waals surface area (Å²) in [6, 6.07) is 5.58. The van der Waals surface area contributed by atoms with Crippen LogP contribution in [0.5, 0.6) is 5.75 Å². The molecule has 2 atom stereocenters. The Morgan fingerprint density at radius 3 is 2.68 bits per heavy atom. The highest BCUT2D eigenvalue weighted by atomic mass is 35.5. The molecule has 1 fully saturated rings. The van der Waals surface area contributed by atoms with Gasteiger partial charge in [0.1, 0.15) is 5.75 Å². The minimum atomic E-state index is -0.133. The van der Waals surface area contributed by atoms with Crippen LogP contribution in [0.2, 0.25) is 5.02 Å². The van der Waals surface area contributed by atoms with Gasteiger partial charge in [0.15, 0.2) is 0 Å². The van der Waals surface area contributed by atoms with Gasteiger partial charge in [0.2, 0.25) is 0 Å². The number of halogens is 1. The van der Waals surface area contributed by atoms with E-state index >= 15 is 0 Å². The highest BCUT2D eigenvalue weighted by Crippen LogP contribution is 2.42. The number of carbonyl (C=O) groups excluding carboxylic acids is 1. The second-order valence-electron chi connectivity index (χ2n) is 4.91. The molecule has 104 valence electrons. The molecule has 0 spiro atoms. The lowest BCUT2D eigenvalue weighted by Crippen LogP contribution is -2.27. The molecule has 0 aromatic heterocycles. The van der Waals surface area contributed by atoms with E-state index in [1.165, 1.54) is 7.11 Å². The summed E-state index contributed by atoms with van der Waals surface area (Å²) < 4.78 is 10.3. The Kier molecular flexibility index (Phi) is 4.70. The molecule has 0 bridgehead atoms. The van der Waals surface area contributed by atoms with Crippen LogP contribution in [-0.2, 0) is 9.53 Å². The summed E-state index contributed by atoms with van der Waals surface area (Å²) in [5.74, 6) is 0.706. The number of hydrogen-bond donors (Lipinski definition) is 0. The summed E-state index contributed by atoms with van der Waals surface area (Å²) >= 11 is 6.08. The van der Waals surface area contributed by atoms with Gasteiger partial charge in [0.25, 0.3) is 0 Å². The van der Waals surface area contributed by atoms with E-state index in [-0.39, 0.29) is 17.8 Å². The summed E-state index contributed by atoms with van der Waals surface area (Å²) in [7, 11) is 3.09. The van der Waals surface area contributed by atoms with Crippen LogP contribution < -0.4 is 4.74 Å². The van der Waals surface area contributed by atoms with Crippen LogP contribution in [0.15, 0.2) is 18.2 Å². The van der Waals surface area contributed by atoms with Crippen molar-refractivity contribution in [2.45, 2.75) is 31.6 Å². The maximum atomic E-state index is 11.9. The van der Waals surface area contributed by atoms with Gasteiger partial charge in [-0.2, -0.15) is 0 Å². The topological polar surface area (TPSA) is 35.5 Å². The Morgan fingerprint density at radius 2 is 2.00 bits per heavy atom. The Balaban J connectivity index is 2.36. The first-order valence-corrected chi connectivity index (χ1v) is 6.96. The highest BCUT2D eigenvalue weighted by molar-refractivity contribution is 6.30. The Labute approximate surface area is 118 Å². The predicted molar refractivity (Wildman–Crippen MR) is 74.7 cm³/mol. The van der Waals surface area contributed by atoms with Gasteiger partial charge >= 0.3 is 5.97 Å². The molecule has 2 rings (SSSR count). The molecular formula is C15H19ClO3. The number of esters is 1. The number of rotatable bonds is 3. The SMILES string of the molecule is COC(=O)C1CCCCC1c1cc(Cl)ccc1OC. The van der Waals surface area contributed by atoms with E-state index in [0.29, 0.717) is 5.02 Å². The van der Waals surface area contributed by atoms with E-state index in [2.05, 4.69) is 0 Å². The molecule has 2 unspecified atom stereocenters. The van der Waals surface area contributed by atoms with Crippen LogP contribution in [0.1, 0.15) is 37.2 Å². The molecule has 0 saturated heterocycles. The molecule has 3 nitrogen and oxygen atoms in total. The molecule has 4 heteroatoms. The molecule has 0 heterocycles. The third-order valence-corrected chi connectivity index (χ3v) is 4.10. The monoisotopic (exact) mass is 282 g/mol. The summed E-state index contributed by atoms with van der Waals surface area (Å²) in [6.07, 6.45) is 4.02. The fourth-order valence-electron chi connectivity index (χ4n) is 2.93. The van der Waals surface area contributed by atoms with E-state index in [4.69, 9.17) is 21.1 Å². The van der Waals surface area contributed by atoms with Crippen molar-refractivity contribution in [3.8, 4) is 5.75 Å². The zero-order valence-corrected chi connectivity index (χ0v) is 12.1. The smallest absolute Gasteiger partial charge is 0.309 e. The van der Waals surface area contributed by atoms with Gasteiger partial charge < -0.3 is 9.47 Å². The van der Waals surface area contributed by atoms with Crippen molar-refractivity contribution >= 4 is 17.6 Å². The van der Waals surface area contributed by atoms with Gasteiger partial charge in [0, 0.05) is 10.9 Å². The number of ether oxygens (including phenoxy) is 2. The summed E-state index contributed by atoms with van der Waals surface area (Å²) in [4.78, 5) is 11.9. The molecule has 1 aliphatic rings. The number of carbonyl (C=O) groups is 1. The number of benzene rings is 1. The van der Waals surface area contributed by atoms with Crippen LogP contribution >= 0.6 is 11.6 Å². The molecule has 19 heavy (non-hydrogen) atoms.